The zero-order valence-corrected chi connectivity index (χ0v) is 11.3. The molecule has 0 spiro atoms. The van der Waals surface area contributed by atoms with Crippen molar-refractivity contribution in [1.29, 1.82) is 0 Å². The van der Waals surface area contributed by atoms with Crippen LogP contribution in [-0.2, 0) is 4.79 Å². The SMILES string of the molecule is CC[C@@H](C(=O)O)N(CC)c1ccc(Cl)cc1Cl. The predicted molar refractivity (Wildman–Crippen MR) is 71.2 cm³/mol. The summed E-state index contributed by atoms with van der Waals surface area (Å²) in [6.45, 7) is 4.31. The standard InChI is InChI=1S/C12H15Cl2NO2/c1-3-10(12(16)17)15(4-2)11-6-5-8(13)7-9(11)14/h5-7,10H,3-4H2,1-2H3,(H,16,17)/t10-/m0/s1. The van der Waals surface area contributed by atoms with E-state index in [0.717, 1.165) is 0 Å². The Kier molecular flexibility index (Phi) is 5.09. The fourth-order valence-electron chi connectivity index (χ4n) is 1.80. The summed E-state index contributed by atoms with van der Waals surface area (Å²) in [5, 5.41) is 10.2. The van der Waals surface area contributed by atoms with E-state index in [9.17, 15) is 9.90 Å². The first kappa shape index (κ1) is 14.1. The van der Waals surface area contributed by atoms with Gasteiger partial charge >= 0.3 is 5.97 Å². The molecule has 0 heterocycles. The van der Waals surface area contributed by atoms with E-state index in [-0.39, 0.29) is 0 Å². The summed E-state index contributed by atoms with van der Waals surface area (Å²) in [4.78, 5) is 12.9. The van der Waals surface area contributed by atoms with Crippen LogP contribution >= 0.6 is 23.2 Å². The van der Waals surface area contributed by atoms with Gasteiger partial charge < -0.3 is 10.0 Å². The van der Waals surface area contributed by atoms with E-state index in [1.165, 1.54) is 0 Å². The minimum absolute atomic E-state index is 0.471. The molecule has 0 amide bonds. The molecule has 0 saturated carbocycles. The zero-order valence-electron chi connectivity index (χ0n) is 9.78. The number of nitrogens with zero attached hydrogens (tertiary/aromatic N) is 1. The van der Waals surface area contributed by atoms with Crippen LogP contribution in [0.5, 0.6) is 0 Å². The van der Waals surface area contributed by atoms with Crippen molar-refractivity contribution in [2.24, 2.45) is 0 Å². The van der Waals surface area contributed by atoms with Crippen LogP contribution in [-0.4, -0.2) is 23.7 Å². The predicted octanol–water partition coefficient (Wildman–Crippen LogP) is 3.68. The summed E-state index contributed by atoms with van der Waals surface area (Å²) in [6, 6.07) is 4.51. The smallest absolute Gasteiger partial charge is 0.326 e. The van der Waals surface area contributed by atoms with E-state index in [4.69, 9.17) is 23.2 Å². The van der Waals surface area contributed by atoms with Gasteiger partial charge in [0.05, 0.1) is 10.7 Å². The second kappa shape index (κ2) is 6.12. The van der Waals surface area contributed by atoms with Crippen molar-refractivity contribution in [1.82, 2.24) is 0 Å². The van der Waals surface area contributed by atoms with Crippen LogP contribution in [0.15, 0.2) is 18.2 Å². The van der Waals surface area contributed by atoms with Gasteiger partial charge in [-0.25, -0.2) is 4.79 Å². The van der Waals surface area contributed by atoms with Crippen LogP contribution in [0.3, 0.4) is 0 Å². The van der Waals surface area contributed by atoms with Crippen molar-refractivity contribution in [3.8, 4) is 0 Å². The van der Waals surface area contributed by atoms with Gasteiger partial charge in [-0.1, -0.05) is 30.1 Å². The number of halogens is 2. The second-order valence-electron chi connectivity index (χ2n) is 3.64. The molecule has 0 fully saturated rings. The molecular weight excluding hydrogens is 261 g/mol. The number of hydrogen-bond donors (Lipinski definition) is 1. The van der Waals surface area contributed by atoms with E-state index in [0.29, 0.717) is 28.7 Å². The summed E-state index contributed by atoms with van der Waals surface area (Å²) < 4.78 is 0. The van der Waals surface area contributed by atoms with E-state index < -0.39 is 12.0 Å². The van der Waals surface area contributed by atoms with Crippen LogP contribution in [0.25, 0.3) is 0 Å². The highest BCUT2D eigenvalue weighted by molar-refractivity contribution is 6.36. The number of aliphatic carboxylic acids is 1. The topological polar surface area (TPSA) is 40.5 Å². The minimum Gasteiger partial charge on any atom is -0.480 e. The molecule has 0 unspecified atom stereocenters. The van der Waals surface area contributed by atoms with Gasteiger partial charge in [-0.2, -0.15) is 0 Å². The lowest BCUT2D eigenvalue weighted by molar-refractivity contribution is -0.138. The fourth-order valence-corrected chi connectivity index (χ4v) is 2.32. The molecule has 0 aliphatic carbocycles. The normalized spacial score (nSPS) is 12.2. The Morgan fingerprint density at radius 1 is 1.41 bits per heavy atom. The number of carboxylic acid groups (broad SMARTS) is 1. The molecule has 94 valence electrons. The number of hydrogen-bond acceptors (Lipinski definition) is 2. The van der Waals surface area contributed by atoms with Crippen molar-refractivity contribution in [3.63, 3.8) is 0 Å². The Morgan fingerprint density at radius 2 is 2.06 bits per heavy atom. The Balaban J connectivity index is 3.12. The first-order valence-electron chi connectivity index (χ1n) is 5.45. The number of carbonyl (C=O) groups is 1. The lowest BCUT2D eigenvalue weighted by atomic mass is 10.1. The van der Waals surface area contributed by atoms with Crippen LogP contribution in [0.4, 0.5) is 5.69 Å². The molecule has 5 heteroatoms. The lowest BCUT2D eigenvalue weighted by Gasteiger charge is -2.29. The summed E-state index contributed by atoms with van der Waals surface area (Å²) in [6.07, 6.45) is 0.516. The number of likely N-dealkylation sites (N-methyl/N-ethyl adjacent to an activating group) is 1. The maximum absolute atomic E-state index is 11.2. The average molecular weight is 276 g/mol. The third-order valence-electron chi connectivity index (χ3n) is 2.61. The maximum Gasteiger partial charge on any atom is 0.326 e. The molecule has 1 rings (SSSR count). The maximum atomic E-state index is 11.2. The van der Waals surface area contributed by atoms with Crippen LogP contribution < -0.4 is 4.90 Å². The van der Waals surface area contributed by atoms with Crippen molar-refractivity contribution in [2.75, 3.05) is 11.4 Å². The molecule has 3 nitrogen and oxygen atoms in total. The largest absolute Gasteiger partial charge is 0.480 e. The van der Waals surface area contributed by atoms with Crippen molar-refractivity contribution >= 4 is 34.9 Å². The van der Waals surface area contributed by atoms with E-state index in [1.54, 1.807) is 23.1 Å². The Morgan fingerprint density at radius 3 is 2.47 bits per heavy atom. The average Bonchev–Trinajstić information content (AvgIpc) is 2.26. The van der Waals surface area contributed by atoms with Gasteiger partial charge in [-0.05, 0) is 31.5 Å². The summed E-state index contributed by atoms with van der Waals surface area (Å²) in [5.41, 5.74) is 0.702. The molecule has 1 aromatic carbocycles. The quantitative estimate of drug-likeness (QED) is 0.891. The summed E-state index contributed by atoms with van der Waals surface area (Å²) in [7, 11) is 0. The lowest BCUT2D eigenvalue weighted by Crippen LogP contribution is -2.41. The van der Waals surface area contributed by atoms with E-state index >= 15 is 0 Å². The Labute approximate surface area is 111 Å². The minimum atomic E-state index is -0.847. The molecule has 17 heavy (non-hydrogen) atoms. The molecule has 1 atom stereocenters. The highest BCUT2D eigenvalue weighted by Crippen LogP contribution is 2.30. The molecule has 1 aromatic rings. The van der Waals surface area contributed by atoms with Gasteiger partial charge in [-0.3, -0.25) is 0 Å². The molecule has 0 aromatic heterocycles. The highest BCUT2D eigenvalue weighted by atomic mass is 35.5. The van der Waals surface area contributed by atoms with Crippen molar-refractivity contribution in [3.05, 3.63) is 28.2 Å². The zero-order chi connectivity index (χ0) is 13.0. The number of carboxylic acids is 1. The molecule has 0 bridgehead atoms. The van der Waals surface area contributed by atoms with Crippen molar-refractivity contribution in [2.45, 2.75) is 26.3 Å². The van der Waals surface area contributed by atoms with Crippen LogP contribution in [0.2, 0.25) is 10.0 Å². The molecule has 1 N–H and O–H groups in total. The second-order valence-corrected chi connectivity index (χ2v) is 4.49. The molecular formula is C12H15Cl2NO2. The van der Waals surface area contributed by atoms with Gasteiger partial charge in [0.1, 0.15) is 6.04 Å². The van der Waals surface area contributed by atoms with E-state index in [2.05, 4.69) is 0 Å². The summed E-state index contributed by atoms with van der Waals surface area (Å²) >= 11 is 11.9. The van der Waals surface area contributed by atoms with Gasteiger partial charge in [0.2, 0.25) is 0 Å². The van der Waals surface area contributed by atoms with Gasteiger partial charge in [-0.15, -0.1) is 0 Å². The Bertz CT molecular complexity index is 409. The van der Waals surface area contributed by atoms with Gasteiger partial charge in [0.15, 0.2) is 0 Å². The first-order valence-corrected chi connectivity index (χ1v) is 6.21. The molecule has 0 saturated heterocycles. The van der Waals surface area contributed by atoms with Gasteiger partial charge in [0.25, 0.3) is 0 Å². The van der Waals surface area contributed by atoms with Crippen LogP contribution in [0, 0.1) is 0 Å². The van der Waals surface area contributed by atoms with E-state index in [1.807, 2.05) is 13.8 Å². The Hall–Kier alpha value is -0.930. The molecule has 0 aliphatic rings. The summed E-state index contributed by atoms with van der Waals surface area (Å²) in [5.74, 6) is -0.847. The molecule has 0 radical (unpaired) electrons. The van der Waals surface area contributed by atoms with Crippen LogP contribution in [0.1, 0.15) is 20.3 Å². The third kappa shape index (κ3) is 3.27. The van der Waals surface area contributed by atoms with Gasteiger partial charge in [0, 0.05) is 11.6 Å². The number of anilines is 1. The first-order chi connectivity index (χ1) is 8.01. The third-order valence-corrected chi connectivity index (χ3v) is 3.15. The highest BCUT2D eigenvalue weighted by Gasteiger charge is 2.24. The monoisotopic (exact) mass is 275 g/mol. The number of benzene rings is 1. The molecule has 0 aliphatic heterocycles. The van der Waals surface area contributed by atoms with Crippen molar-refractivity contribution < 1.29 is 9.90 Å². The fraction of sp³-hybridized carbons (Fsp3) is 0.417. The number of rotatable bonds is 5.